The summed E-state index contributed by atoms with van der Waals surface area (Å²) in [4.78, 5) is 23.6. The van der Waals surface area contributed by atoms with E-state index in [9.17, 15) is 9.59 Å². The van der Waals surface area contributed by atoms with Crippen molar-refractivity contribution in [3.63, 3.8) is 0 Å². The number of hydrogen-bond acceptors (Lipinski definition) is 3. The number of benzene rings is 2. The van der Waals surface area contributed by atoms with Gasteiger partial charge in [-0.3, -0.25) is 4.79 Å². The zero-order valence-electron chi connectivity index (χ0n) is 16.1. The highest BCUT2D eigenvalue weighted by atomic mass is 35.5. The maximum atomic E-state index is 12.6. The Bertz CT molecular complexity index is 840. The van der Waals surface area contributed by atoms with Gasteiger partial charge in [-0.15, -0.1) is 0 Å². The lowest BCUT2D eigenvalue weighted by Gasteiger charge is -2.17. The predicted molar refractivity (Wildman–Crippen MR) is 107 cm³/mol. The van der Waals surface area contributed by atoms with Crippen LogP contribution >= 0.6 is 11.6 Å². The van der Waals surface area contributed by atoms with Gasteiger partial charge in [-0.05, 0) is 41.2 Å². The molecule has 27 heavy (non-hydrogen) atoms. The van der Waals surface area contributed by atoms with Gasteiger partial charge >= 0.3 is 5.97 Å². The van der Waals surface area contributed by atoms with E-state index >= 15 is 0 Å². The van der Waals surface area contributed by atoms with E-state index in [1.807, 2.05) is 18.2 Å². The topological polar surface area (TPSA) is 63.6 Å². The molecule has 0 radical (unpaired) electrons. The summed E-state index contributed by atoms with van der Waals surface area (Å²) in [5.41, 5.74) is 2.34. The van der Waals surface area contributed by atoms with Crippen LogP contribution in [0.3, 0.4) is 0 Å². The van der Waals surface area contributed by atoms with Crippen LogP contribution in [0.2, 0.25) is 5.02 Å². The minimum absolute atomic E-state index is 0.0149. The lowest BCUT2D eigenvalue weighted by molar-refractivity contribution is 0.0696. The molecule has 0 aliphatic heterocycles. The summed E-state index contributed by atoms with van der Waals surface area (Å²) in [7, 11) is 0. The number of hydrogen-bond donors (Lipinski definition) is 1. The number of rotatable bonds is 8. The van der Waals surface area contributed by atoms with Crippen LogP contribution in [0.25, 0.3) is 0 Å². The monoisotopic (exact) mass is 388 g/mol. The molecular formula is C22H25ClO4. The van der Waals surface area contributed by atoms with Crippen molar-refractivity contribution in [3.8, 4) is 5.75 Å². The highest BCUT2D eigenvalue weighted by Gasteiger charge is 2.15. The number of carbonyl (C=O) groups excluding carboxylic acids is 1. The summed E-state index contributed by atoms with van der Waals surface area (Å²) in [6, 6.07) is 10.1. The number of ether oxygens (including phenoxy) is 1. The molecule has 4 nitrogen and oxygen atoms in total. The van der Waals surface area contributed by atoms with Crippen LogP contribution in [0.5, 0.6) is 5.75 Å². The number of halogens is 1. The van der Waals surface area contributed by atoms with E-state index in [1.54, 1.807) is 0 Å². The van der Waals surface area contributed by atoms with Crippen LogP contribution in [0.4, 0.5) is 0 Å². The molecule has 2 aromatic rings. The van der Waals surface area contributed by atoms with Gasteiger partial charge in [0.05, 0.1) is 17.2 Å². The first kappa shape index (κ1) is 21.0. The van der Waals surface area contributed by atoms with Crippen molar-refractivity contribution in [2.45, 2.75) is 40.0 Å². The van der Waals surface area contributed by atoms with Crippen molar-refractivity contribution in [1.82, 2.24) is 0 Å². The fourth-order valence-corrected chi connectivity index (χ4v) is 2.96. The smallest absolute Gasteiger partial charge is 0.337 e. The van der Waals surface area contributed by atoms with E-state index in [1.165, 1.54) is 18.2 Å². The van der Waals surface area contributed by atoms with E-state index in [-0.39, 0.29) is 22.8 Å². The normalized spacial score (nSPS) is 11.1. The molecule has 0 aliphatic carbocycles. The fourth-order valence-electron chi connectivity index (χ4n) is 2.70. The third-order valence-corrected chi connectivity index (χ3v) is 4.47. The van der Waals surface area contributed by atoms with Crippen LogP contribution in [-0.2, 0) is 6.42 Å². The van der Waals surface area contributed by atoms with Crippen LogP contribution in [0.15, 0.2) is 36.4 Å². The number of aromatic carboxylic acids is 1. The van der Waals surface area contributed by atoms with Gasteiger partial charge in [0.1, 0.15) is 5.75 Å². The highest BCUT2D eigenvalue weighted by molar-refractivity contribution is 6.33. The molecule has 0 unspecified atom stereocenters. The van der Waals surface area contributed by atoms with E-state index in [4.69, 9.17) is 21.4 Å². The maximum Gasteiger partial charge on any atom is 0.337 e. The molecule has 0 atom stereocenters. The average molecular weight is 389 g/mol. The summed E-state index contributed by atoms with van der Waals surface area (Å²) < 4.78 is 5.95. The van der Waals surface area contributed by atoms with Gasteiger partial charge < -0.3 is 9.84 Å². The molecular weight excluding hydrogens is 364 g/mol. The lowest BCUT2D eigenvalue weighted by Crippen LogP contribution is -2.09. The van der Waals surface area contributed by atoms with Crippen LogP contribution in [0.1, 0.15) is 65.5 Å². The molecule has 5 heteroatoms. The second kappa shape index (κ2) is 9.05. The summed E-state index contributed by atoms with van der Waals surface area (Å²) in [6.07, 6.45) is 0.194. The molecule has 2 rings (SSSR count). The van der Waals surface area contributed by atoms with E-state index in [2.05, 4.69) is 27.7 Å². The Kier molecular flexibility index (Phi) is 7.03. The van der Waals surface area contributed by atoms with Crippen LogP contribution in [0, 0.1) is 5.92 Å². The number of carboxylic acid groups (broad SMARTS) is 1. The minimum Gasteiger partial charge on any atom is -0.493 e. The molecule has 0 saturated heterocycles. The molecule has 0 heterocycles. The van der Waals surface area contributed by atoms with Crippen molar-refractivity contribution in [1.29, 1.82) is 0 Å². The van der Waals surface area contributed by atoms with Gasteiger partial charge in [0.15, 0.2) is 5.78 Å². The first-order valence-electron chi connectivity index (χ1n) is 9.00. The van der Waals surface area contributed by atoms with Gasteiger partial charge in [0, 0.05) is 12.0 Å². The Balaban J connectivity index is 2.23. The van der Waals surface area contributed by atoms with Gasteiger partial charge in [0.2, 0.25) is 0 Å². The van der Waals surface area contributed by atoms with Crippen molar-refractivity contribution in [3.05, 3.63) is 63.7 Å². The summed E-state index contributed by atoms with van der Waals surface area (Å²) in [5, 5.41) is 9.10. The molecule has 1 N–H and O–H groups in total. The third-order valence-electron chi connectivity index (χ3n) is 4.16. The van der Waals surface area contributed by atoms with Gasteiger partial charge in [0.25, 0.3) is 0 Å². The molecule has 0 aromatic heterocycles. The predicted octanol–water partition coefficient (Wildman–Crippen LogP) is 5.62. The maximum absolute atomic E-state index is 12.6. The summed E-state index contributed by atoms with van der Waals surface area (Å²) in [6.45, 7) is 9.01. The second-order valence-electron chi connectivity index (χ2n) is 7.33. The molecule has 144 valence electrons. The Morgan fingerprint density at radius 1 is 1.07 bits per heavy atom. The fraction of sp³-hybridized carbons (Fsp3) is 0.364. The van der Waals surface area contributed by atoms with Crippen molar-refractivity contribution >= 4 is 23.4 Å². The zero-order valence-corrected chi connectivity index (χ0v) is 16.8. The number of carboxylic acids is 1. The quantitative estimate of drug-likeness (QED) is 0.596. The molecule has 0 fully saturated rings. The number of Topliss-reactive ketones (excluding diaryl/α,β-unsaturated/α-hetero) is 1. The standard InChI is InChI=1S/C22H25ClO4/c1-13(2)12-27-21-10-15(5-7-17(21)14(3)4)9-20(24)16-6-8-18(22(25)26)19(23)11-16/h5-8,10-11,13-14H,9,12H2,1-4H3,(H,25,26). The van der Waals surface area contributed by atoms with Gasteiger partial charge in [-0.2, -0.15) is 0 Å². The Morgan fingerprint density at radius 3 is 2.33 bits per heavy atom. The summed E-state index contributed by atoms with van der Waals surface area (Å²) in [5.74, 6) is 0.295. The molecule has 0 aliphatic rings. The Morgan fingerprint density at radius 2 is 1.78 bits per heavy atom. The SMILES string of the molecule is CC(C)COc1cc(CC(=O)c2ccc(C(=O)O)c(Cl)c2)ccc1C(C)C. The van der Waals surface area contributed by atoms with Crippen molar-refractivity contribution in [2.24, 2.45) is 5.92 Å². The third kappa shape index (κ3) is 5.57. The first-order chi connectivity index (χ1) is 12.7. The molecule has 0 bridgehead atoms. The summed E-state index contributed by atoms with van der Waals surface area (Å²) >= 11 is 5.97. The van der Waals surface area contributed by atoms with Crippen molar-refractivity contribution < 1.29 is 19.4 Å². The molecule has 2 aromatic carbocycles. The lowest BCUT2D eigenvalue weighted by atomic mass is 9.97. The molecule has 0 amide bonds. The first-order valence-corrected chi connectivity index (χ1v) is 9.38. The minimum atomic E-state index is -1.12. The second-order valence-corrected chi connectivity index (χ2v) is 7.74. The van der Waals surface area contributed by atoms with Crippen LogP contribution in [-0.4, -0.2) is 23.5 Å². The van der Waals surface area contributed by atoms with Gasteiger partial charge in [-0.25, -0.2) is 4.79 Å². The average Bonchev–Trinajstić information content (AvgIpc) is 2.59. The number of carbonyl (C=O) groups is 2. The van der Waals surface area contributed by atoms with Crippen molar-refractivity contribution in [2.75, 3.05) is 6.61 Å². The Hall–Kier alpha value is -2.33. The molecule has 0 saturated carbocycles. The highest BCUT2D eigenvalue weighted by Crippen LogP contribution is 2.29. The van der Waals surface area contributed by atoms with E-state index in [0.29, 0.717) is 24.0 Å². The van der Waals surface area contributed by atoms with E-state index < -0.39 is 5.97 Å². The van der Waals surface area contributed by atoms with Gasteiger partial charge in [-0.1, -0.05) is 57.5 Å². The number of ketones is 1. The molecule has 0 spiro atoms. The zero-order chi connectivity index (χ0) is 20.1. The largest absolute Gasteiger partial charge is 0.493 e. The van der Waals surface area contributed by atoms with Crippen LogP contribution < -0.4 is 4.74 Å². The Labute approximate surface area is 165 Å². The van der Waals surface area contributed by atoms with E-state index in [0.717, 1.165) is 16.9 Å².